The average molecular weight is 270 g/mol. The van der Waals surface area contributed by atoms with Gasteiger partial charge in [0.2, 0.25) is 0 Å². The lowest BCUT2D eigenvalue weighted by molar-refractivity contribution is 0.450. The second-order valence-electron chi connectivity index (χ2n) is 4.54. The van der Waals surface area contributed by atoms with Crippen molar-refractivity contribution in [1.82, 2.24) is 0 Å². The highest BCUT2D eigenvalue weighted by atomic mass is 16.3. The lowest BCUT2D eigenvalue weighted by atomic mass is 10.2. The Morgan fingerprint density at radius 1 is 1.10 bits per heavy atom. The van der Waals surface area contributed by atoms with E-state index in [0.29, 0.717) is 5.56 Å². The molecule has 0 aromatic heterocycles. The van der Waals surface area contributed by atoms with E-state index in [-0.39, 0.29) is 11.5 Å². The van der Waals surface area contributed by atoms with Crippen LogP contribution in [0.1, 0.15) is 18.1 Å². The molecule has 0 radical (unpaired) electrons. The smallest absolute Gasteiger partial charge is 0.128 e. The Morgan fingerprint density at radius 3 is 2.40 bits per heavy atom. The maximum absolute atomic E-state index is 9.71. The van der Waals surface area contributed by atoms with Gasteiger partial charge in [-0.25, -0.2) is 0 Å². The van der Waals surface area contributed by atoms with Gasteiger partial charge in [-0.1, -0.05) is 17.7 Å². The van der Waals surface area contributed by atoms with Crippen LogP contribution in [0.15, 0.2) is 47.6 Å². The molecule has 0 atom stereocenters. The van der Waals surface area contributed by atoms with Crippen molar-refractivity contribution in [2.45, 2.75) is 13.8 Å². The summed E-state index contributed by atoms with van der Waals surface area (Å²) >= 11 is 0. The van der Waals surface area contributed by atoms with Crippen LogP contribution in [0.3, 0.4) is 0 Å². The van der Waals surface area contributed by atoms with E-state index in [1.54, 1.807) is 12.3 Å². The summed E-state index contributed by atoms with van der Waals surface area (Å²) in [5, 5.41) is 25.2. The van der Waals surface area contributed by atoms with E-state index in [4.69, 9.17) is 0 Å². The van der Waals surface area contributed by atoms with Gasteiger partial charge in [-0.05, 0) is 38.1 Å². The van der Waals surface area contributed by atoms with Gasteiger partial charge >= 0.3 is 0 Å². The molecule has 2 rings (SSSR count). The number of phenols is 2. The first-order chi connectivity index (χ1) is 9.60. The van der Waals surface area contributed by atoms with Crippen LogP contribution in [0.4, 0.5) is 5.69 Å². The number of anilines is 1. The molecule has 0 bridgehead atoms. The van der Waals surface area contributed by atoms with Crippen LogP contribution in [0.25, 0.3) is 0 Å². The highest BCUT2D eigenvalue weighted by Crippen LogP contribution is 2.21. The summed E-state index contributed by atoms with van der Waals surface area (Å²) in [7, 11) is 0. The average Bonchev–Trinajstić information content (AvgIpc) is 2.43. The summed E-state index contributed by atoms with van der Waals surface area (Å²) in [6.45, 7) is 4.77. The first-order valence-electron chi connectivity index (χ1n) is 6.50. The number of rotatable bonds is 4. The monoisotopic (exact) mass is 270 g/mol. The number of hydrazone groups is 1. The van der Waals surface area contributed by atoms with E-state index in [1.165, 1.54) is 17.7 Å². The Morgan fingerprint density at radius 2 is 1.80 bits per heavy atom. The van der Waals surface area contributed by atoms with Crippen LogP contribution in [0.5, 0.6) is 11.5 Å². The fourth-order valence-electron chi connectivity index (χ4n) is 1.82. The molecule has 20 heavy (non-hydrogen) atoms. The molecule has 0 amide bonds. The number of hydrogen-bond acceptors (Lipinski definition) is 4. The third kappa shape index (κ3) is 3.29. The number of aromatic hydroxyl groups is 2. The highest BCUT2D eigenvalue weighted by Gasteiger charge is 2.03. The second kappa shape index (κ2) is 6.10. The summed E-state index contributed by atoms with van der Waals surface area (Å²) < 4.78 is 0. The topological polar surface area (TPSA) is 56.1 Å². The van der Waals surface area contributed by atoms with Gasteiger partial charge < -0.3 is 10.2 Å². The Kier molecular flexibility index (Phi) is 4.25. The number of nitrogens with zero attached hydrogens (tertiary/aromatic N) is 2. The van der Waals surface area contributed by atoms with Gasteiger partial charge in [0, 0.05) is 18.2 Å². The lowest BCUT2D eigenvalue weighted by Crippen LogP contribution is -2.15. The van der Waals surface area contributed by atoms with E-state index < -0.39 is 0 Å². The lowest BCUT2D eigenvalue weighted by Gasteiger charge is -2.17. The quantitative estimate of drug-likeness (QED) is 0.662. The molecule has 0 saturated heterocycles. The molecule has 0 saturated carbocycles. The van der Waals surface area contributed by atoms with Crippen LogP contribution < -0.4 is 5.01 Å². The predicted molar refractivity (Wildman–Crippen MR) is 81.6 cm³/mol. The zero-order chi connectivity index (χ0) is 14.5. The van der Waals surface area contributed by atoms with Gasteiger partial charge in [0.15, 0.2) is 0 Å². The molecule has 2 N–H and O–H groups in total. The molecule has 2 aromatic rings. The second-order valence-corrected chi connectivity index (χ2v) is 4.54. The summed E-state index contributed by atoms with van der Waals surface area (Å²) in [5.41, 5.74) is 2.76. The van der Waals surface area contributed by atoms with Crippen molar-refractivity contribution < 1.29 is 10.2 Å². The number of hydrogen-bond donors (Lipinski definition) is 2. The largest absolute Gasteiger partial charge is 0.508 e. The van der Waals surface area contributed by atoms with Gasteiger partial charge in [0.05, 0.1) is 11.9 Å². The van der Waals surface area contributed by atoms with Gasteiger partial charge in [-0.2, -0.15) is 5.10 Å². The fourth-order valence-corrected chi connectivity index (χ4v) is 1.82. The zero-order valence-electron chi connectivity index (χ0n) is 11.6. The molecular weight excluding hydrogens is 252 g/mol. The molecule has 104 valence electrons. The van der Waals surface area contributed by atoms with Gasteiger partial charge in [0.25, 0.3) is 0 Å². The van der Waals surface area contributed by atoms with E-state index in [1.807, 2.05) is 43.1 Å². The predicted octanol–water partition coefficient (Wildman–Crippen LogP) is 3.27. The highest BCUT2D eigenvalue weighted by molar-refractivity contribution is 5.84. The molecule has 0 fully saturated rings. The van der Waals surface area contributed by atoms with E-state index in [2.05, 4.69) is 5.10 Å². The minimum Gasteiger partial charge on any atom is -0.508 e. The first-order valence-corrected chi connectivity index (χ1v) is 6.50. The maximum atomic E-state index is 9.71. The Hall–Kier alpha value is -2.49. The molecule has 0 aliphatic heterocycles. The molecule has 0 aliphatic carbocycles. The van der Waals surface area contributed by atoms with Gasteiger partial charge in [-0.3, -0.25) is 5.01 Å². The van der Waals surface area contributed by atoms with Crippen LogP contribution in [0.2, 0.25) is 0 Å². The Bertz CT molecular complexity index is 606. The van der Waals surface area contributed by atoms with Crippen molar-refractivity contribution in [1.29, 1.82) is 0 Å². The number of benzene rings is 2. The maximum Gasteiger partial charge on any atom is 0.128 e. The molecule has 4 heteroatoms. The molecule has 0 aliphatic rings. The Labute approximate surface area is 118 Å². The van der Waals surface area contributed by atoms with Gasteiger partial charge in [-0.15, -0.1) is 0 Å². The van der Waals surface area contributed by atoms with Crippen LogP contribution in [0, 0.1) is 6.92 Å². The third-order valence-corrected chi connectivity index (χ3v) is 2.98. The summed E-state index contributed by atoms with van der Waals surface area (Å²) in [6.07, 6.45) is 1.58. The summed E-state index contributed by atoms with van der Waals surface area (Å²) in [4.78, 5) is 0. The fraction of sp³-hybridized carbons (Fsp3) is 0.188. The third-order valence-electron chi connectivity index (χ3n) is 2.98. The van der Waals surface area contributed by atoms with E-state index >= 15 is 0 Å². The van der Waals surface area contributed by atoms with Crippen molar-refractivity contribution in [2.24, 2.45) is 5.10 Å². The number of phenolic OH excluding ortho intramolecular Hbond substituents is 2. The van der Waals surface area contributed by atoms with Crippen molar-refractivity contribution in [3.05, 3.63) is 53.6 Å². The SMILES string of the molecule is CCN(/N=C\c1ccc(O)cc1O)c1ccc(C)cc1. The van der Waals surface area contributed by atoms with Crippen molar-refractivity contribution in [2.75, 3.05) is 11.6 Å². The van der Waals surface area contributed by atoms with Crippen molar-refractivity contribution >= 4 is 11.9 Å². The zero-order valence-corrected chi connectivity index (χ0v) is 11.6. The van der Waals surface area contributed by atoms with E-state index in [9.17, 15) is 10.2 Å². The molecular formula is C16H18N2O2. The van der Waals surface area contributed by atoms with Gasteiger partial charge in [0.1, 0.15) is 11.5 Å². The summed E-state index contributed by atoms with van der Waals surface area (Å²) in [5.74, 6) is 0.0410. The minimum atomic E-state index is 0.00806. The summed E-state index contributed by atoms with van der Waals surface area (Å²) in [6, 6.07) is 12.5. The van der Waals surface area contributed by atoms with E-state index in [0.717, 1.165) is 12.2 Å². The van der Waals surface area contributed by atoms with Crippen molar-refractivity contribution in [3.8, 4) is 11.5 Å². The van der Waals surface area contributed by atoms with Crippen LogP contribution in [-0.2, 0) is 0 Å². The molecule has 0 heterocycles. The van der Waals surface area contributed by atoms with Crippen LogP contribution in [-0.4, -0.2) is 23.0 Å². The molecule has 0 spiro atoms. The molecule has 0 unspecified atom stereocenters. The van der Waals surface area contributed by atoms with Crippen LogP contribution >= 0.6 is 0 Å². The minimum absolute atomic E-state index is 0.00806. The Balaban J connectivity index is 2.21. The molecule has 4 nitrogen and oxygen atoms in total. The van der Waals surface area contributed by atoms with Crippen molar-refractivity contribution in [3.63, 3.8) is 0 Å². The number of aryl methyl sites for hydroxylation is 1. The normalized spacial score (nSPS) is 10.9. The standard InChI is InChI=1S/C16H18N2O2/c1-3-18(14-7-4-12(2)5-8-14)17-11-13-6-9-15(19)10-16(13)20/h4-11,19-20H,3H2,1-2H3/b17-11-. The first kappa shape index (κ1) is 13.9. The molecule has 2 aromatic carbocycles.